The van der Waals surface area contributed by atoms with Crippen molar-refractivity contribution >= 4 is 51.2 Å². The molecule has 1 amide bonds. The number of benzene rings is 2. The maximum Gasteiger partial charge on any atom is 0.274 e. The smallest absolute Gasteiger partial charge is 0.274 e. The van der Waals surface area contributed by atoms with Gasteiger partial charge in [-0.3, -0.25) is 9.79 Å². The number of carbonyl (C=O) groups is 1. The van der Waals surface area contributed by atoms with Crippen LogP contribution in [0.3, 0.4) is 0 Å². The van der Waals surface area contributed by atoms with Crippen molar-refractivity contribution in [2.24, 2.45) is 4.99 Å². The van der Waals surface area contributed by atoms with E-state index in [9.17, 15) is 13.2 Å². The van der Waals surface area contributed by atoms with Crippen LogP contribution in [0.4, 0.5) is 17.3 Å². The van der Waals surface area contributed by atoms with Crippen molar-refractivity contribution in [2.75, 3.05) is 38.0 Å². The first kappa shape index (κ1) is 25.7. The number of aliphatic imine (C=N–C) groups is 1. The van der Waals surface area contributed by atoms with E-state index in [2.05, 4.69) is 15.2 Å². The maximum absolute atomic E-state index is 13.3. The molecule has 1 fully saturated rings. The third-order valence-corrected chi connectivity index (χ3v) is 9.96. The van der Waals surface area contributed by atoms with Gasteiger partial charge in [0, 0.05) is 31.6 Å². The molecule has 0 aliphatic carbocycles. The normalized spacial score (nSPS) is 18.7. The number of thioether (sulfide) groups is 1. The maximum atomic E-state index is 13.3. The SMILES string of the molecule is COc1cc2c(cc1OCCCCSc1nnc3n1S(=O)(=O)c1ccccc1N3C)N=C[C@@H]1CCCN1C2=O. The average Bonchev–Trinajstić information content (AvgIpc) is 3.57. The first-order valence-corrected chi connectivity index (χ1v) is 15.2. The molecule has 0 bridgehead atoms. The Kier molecular flexibility index (Phi) is 6.71. The summed E-state index contributed by atoms with van der Waals surface area (Å²) >= 11 is 1.35. The van der Waals surface area contributed by atoms with Crippen LogP contribution in [0.5, 0.6) is 11.5 Å². The summed E-state index contributed by atoms with van der Waals surface area (Å²) < 4.78 is 39.2. The van der Waals surface area contributed by atoms with Gasteiger partial charge in [0.05, 0.1) is 36.7 Å². The summed E-state index contributed by atoms with van der Waals surface area (Å²) in [7, 11) is -0.448. The summed E-state index contributed by atoms with van der Waals surface area (Å²) in [6.45, 7) is 1.16. The van der Waals surface area contributed by atoms with Gasteiger partial charge in [-0.25, -0.2) is 8.42 Å². The highest BCUT2D eigenvalue weighted by molar-refractivity contribution is 8.00. The fourth-order valence-electron chi connectivity index (χ4n) is 5.08. The number of hydrogen-bond donors (Lipinski definition) is 0. The van der Waals surface area contributed by atoms with E-state index in [0.29, 0.717) is 46.0 Å². The Labute approximate surface area is 230 Å². The summed E-state index contributed by atoms with van der Waals surface area (Å²) in [5, 5.41) is 8.62. The Bertz CT molecular complexity index is 1570. The molecular weight excluding hydrogens is 540 g/mol. The molecule has 1 saturated heterocycles. The van der Waals surface area contributed by atoms with Crippen LogP contribution in [0.2, 0.25) is 0 Å². The van der Waals surface area contributed by atoms with E-state index in [1.807, 2.05) is 11.1 Å². The number of fused-ring (bicyclic) bond motifs is 4. The van der Waals surface area contributed by atoms with Gasteiger partial charge in [-0.15, -0.1) is 10.2 Å². The largest absolute Gasteiger partial charge is 0.493 e. The predicted octanol–water partition coefficient (Wildman–Crippen LogP) is 3.88. The molecule has 0 radical (unpaired) electrons. The van der Waals surface area contributed by atoms with Crippen LogP contribution in [0, 0.1) is 0 Å². The van der Waals surface area contributed by atoms with Gasteiger partial charge in [0.15, 0.2) is 11.5 Å². The Hall–Kier alpha value is -3.58. The minimum Gasteiger partial charge on any atom is -0.493 e. The predicted molar refractivity (Wildman–Crippen MR) is 148 cm³/mol. The Balaban J connectivity index is 1.08. The molecule has 13 heteroatoms. The van der Waals surface area contributed by atoms with E-state index in [1.54, 1.807) is 55.5 Å². The molecule has 2 aromatic carbocycles. The standard InChI is InChI=1S/C26H28N6O5S2/c1-30-20-9-3-4-10-23(20)39(34,35)32-25(30)28-29-26(32)38-13-6-5-12-37-22-15-19-18(14-21(22)36-2)24(33)31-11-7-8-17(31)16-27-19/h3-4,9-10,14-17H,5-8,11-13H2,1-2H3/t17-/m0/s1. The third kappa shape index (κ3) is 4.42. The van der Waals surface area contributed by atoms with Crippen LogP contribution in [0.25, 0.3) is 0 Å². The number of hydrogen-bond acceptors (Lipinski definition) is 10. The monoisotopic (exact) mass is 568 g/mol. The van der Waals surface area contributed by atoms with Crippen LogP contribution in [-0.4, -0.2) is 78.7 Å². The lowest BCUT2D eigenvalue weighted by atomic mass is 10.1. The number of anilines is 2. The van der Waals surface area contributed by atoms with Crippen molar-refractivity contribution in [3.05, 3.63) is 42.0 Å². The van der Waals surface area contributed by atoms with Crippen molar-refractivity contribution in [1.29, 1.82) is 0 Å². The van der Waals surface area contributed by atoms with Crippen molar-refractivity contribution in [3.63, 3.8) is 0 Å². The summed E-state index contributed by atoms with van der Waals surface area (Å²) in [6, 6.07) is 10.4. The Morgan fingerprint density at radius 3 is 2.82 bits per heavy atom. The van der Waals surface area contributed by atoms with E-state index in [0.717, 1.165) is 32.2 Å². The van der Waals surface area contributed by atoms with Crippen LogP contribution in [-0.2, 0) is 10.0 Å². The molecule has 3 aromatic rings. The fraction of sp³-hybridized carbons (Fsp3) is 0.385. The van der Waals surface area contributed by atoms with Gasteiger partial charge in [-0.05, 0) is 43.9 Å². The van der Waals surface area contributed by atoms with Gasteiger partial charge in [0.25, 0.3) is 15.9 Å². The van der Waals surface area contributed by atoms with E-state index >= 15 is 0 Å². The fourth-order valence-corrected chi connectivity index (χ4v) is 7.90. The number of amides is 1. The number of nitrogens with zero attached hydrogens (tertiary/aromatic N) is 6. The highest BCUT2D eigenvalue weighted by Crippen LogP contribution is 2.40. The van der Waals surface area contributed by atoms with Crippen molar-refractivity contribution < 1.29 is 22.7 Å². The van der Waals surface area contributed by atoms with Gasteiger partial charge in [-0.2, -0.15) is 3.97 Å². The second kappa shape index (κ2) is 10.2. The van der Waals surface area contributed by atoms with Crippen molar-refractivity contribution in [2.45, 2.75) is 41.8 Å². The van der Waals surface area contributed by atoms with E-state index in [1.165, 1.54) is 15.7 Å². The molecule has 39 heavy (non-hydrogen) atoms. The summed E-state index contributed by atoms with van der Waals surface area (Å²) in [5.74, 6) is 1.92. The third-order valence-electron chi connectivity index (χ3n) is 7.11. The summed E-state index contributed by atoms with van der Waals surface area (Å²) in [5.41, 5.74) is 1.69. The molecule has 204 valence electrons. The molecule has 6 rings (SSSR count). The van der Waals surface area contributed by atoms with Gasteiger partial charge in [-0.1, -0.05) is 23.9 Å². The summed E-state index contributed by atoms with van der Waals surface area (Å²) in [6.07, 6.45) is 5.25. The van der Waals surface area contributed by atoms with Gasteiger partial charge in [0.2, 0.25) is 11.1 Å². The van der Waals surface area contributed by atoms with Gasteiger partial charge >= 0.3 is 0 Å². The Morgan fingerprint density at radius 2 is 1.97 bits per heavy atom. The molecule has 1 atom stereocenters. The molecule has 0 saturated carbocycles. The number of para-hydroxylation sites is 1. The van der Waals surface area contributed by atoms with Crippen LogP contribution in [0.1, 0.15) is 36.0 Å². The van der Waals surface area contributed by atoms with Crippen LogP contribution < -0.4 is 14.4 Å². The van der Waals surface area contributed by atoms with E-state index < -0.39 is 10.0 Å². The highest BCUT2D eigenvalue weighted by atomic mass is 32.2. The lowest BCUT2D eigenvalue weighted by Gasteiger charge is -2.27. The zero-order valence-electron chi connectivity index (χ0n) is 21.6. The van der Waals surface area contributed by atoms with Crippen molar-refractivity contribution in [3.8, 4) is 11.5 Å². The molecule has 0 N–H and O–H groups in total. The highest BCUT2D eigenvalue weighted by Gasteiger charge is 2.36. The number of rotatable bonds is 8. The minimum atomic E-state index is -3.78. The zero-order valence-corrected chi connectivity index (χ0v) is 23.2. The zero-order chi connectivity index (χ0) is 27.1. The van der Waals surface area contributed by atoms with E-state index in [4.69, 9.17) is 9.47 Å². The topological polar surface area (TPSA) is 119 Å². The molecule has 3 aliphatic rings. The Morgan fingerprint density at radius 1 is 1.13 bits per heavy atom. The van der Waals surface area contributed by atoms with Gasteiger partial charge in [0.1, 0.15) is 4.90 Å². The molecule has 0 spiro atoms. The lowest BCUT2D eigenvalue weighted by molar-refractivity contribution is 0.0774. The first-order chi connectivity index (χ1) is 18.9. The van der Waals surface area contributed by atoms with Gasteiger partial charge < -0.3 is 19.3 Å². The van der Waals surface area contributed by atoms with Crippen LogP contribution in [0.15, 0.2) is 51.4 Å². The minimum absolute atomic E-state index is 0.0285. The number of ether oxygens (including phenoxy) is 2. The number of methoxy groups -OCH3 is 1. The second-order valence-electron chi connectivity index (χ2n) is 9.49. The molecule has 3 aliphatic heterocycles. The number of unbranched alkanes of at least 4 members (excludes halogenated alkanes) is 1. The number of aromatic nitrogens is 3. The van der Waals surface area contributed by atoms with E-state index in [-0.39, 0.29) is 22.8 Å². The second-order valence-corrected chi connectivity index (χ2v) is 12.3. The molecule has 4 heterocycles. The summed E-state index contributed by atoms with van der Waals surface area (Å²) in [4.78, 5) is 21.4. The molecular formula is C26H28N6O5S2. The molecule has 0 unspecified atom stereocenters. The quantitative estimate of drug-likeness (QED) is 0.295. The molecule has 11 nitrogen and oxygen atoms in total. The lowest BCUT2D eigenvalue weighted by Crippen LogP contribution is -2.35. The van der Waals surface area contributed by atoms with Crippen molar-refractivity contribution in [1.82, 2.24) is 19.1 Å². The average molecular weight is 569 g/mol. The molecule has 1 aromatic heterocycles. The number of carbonyl (C=O) groups excluding carboxylic acids is 1. The van der Waals surface area contributed by atoms with Crippen LogP contribution >= 0.6 is 11.8 Å². The first-order valence-electron chi connectivity index (χ1n) is 12.8.